The van der Waals surface area contributed by atoms with Gasteiger partial charge in [-0.15, -0.1) is 0 Å². The maximum Gasteiger partial charge on any atom is 0.248 e. The SMILES string of the molecule is NC(=O)c1ccccc1[C@@H]1CCc2cc(Cl)ccc21. The van der Waals surface area contributed by atoms with Crippen LogP contribution in [0.15, 0.2) is 42.5 Å². The number of fused-ring (bicyclic) bond motifs is 1. The summed E-state index contributed by atoms with van der Waals surface area (Å²) >= 11 is 6.02. The van der Waals surface area contributed by atoms with E-state index in [0.29, 0.717) is 5.56 Å². The maximum atomic E-state index is 11.5. The summed E-state index contributed by atoms with van der Waals surface area (Å²) in [5, 5.41) is 0.766. The van der Waals surface area contributed by atoms with Crippen LogP contribution in [0.4, 0.5) is 0 Å². The molecule has 2 nitrogen and oxygen atoms in total. The highest BCUT2D eigenvalue weighted by atomic mass is 35.5. The number of hydrogen-bond acceptors (Lipinski definition) is 1. The summed E-state index contributed by atoms with van der Waals surface area (Å²) in [6, 6.07) is 13.6. The quantitative estimate of drug-likeness (QED) is 0.892. The number of halogens is 1. The fourth-order valence-electron chi connectivity index (χ4n) is 2.93. The molecule has 0 saturated carbocycles. The molecule has 0 unspecified atom stereocenters. The van der Waals surface area contributed by atoms with Crippen molar-refractivity contribution >= 4 is 17.5 Å². The number of benzene rings is 2. The molecule has 2 aromatic carbocycles. The van der Waals surface area contributed by atoms with Gasteiger partial charge in [0.15, 0.2) is 0 Å². The van der Waals surface area contributed by atoms with Crippen molar-refractivity contribution < 1.29 is 4.79 Å². The molecule has 0 radical (unpaired) electrons. The first-order valence-electron chi connectivity index (χ1n) is 6.34. The van der Waals surface area contributed by atoms with Crippen LogP contribution in [0.5, 0.6) is 0 Å². The third-order valence-corrected chi connectivity index (χ3v) is 4.02. The van der Waals surface area contributed by atoms with Crippen molar-refractivity contribution in [3.05, 3.63) is 69.7 Å². The first kappa shape index (κ1) is 12.2. The van der Waals surface area contributed by atoms with Crippen molar-refractivity contribution in [1.29, 1.82) is 0 Å². The molecule has 0 bridgehead atoms. The normalized spacial score (nSPS) is 17.2. The zero-order valence-electron chi connectivity index (χ0n) is 10.4. The van der Waals surface area contributed by atoms with E-state index in [1.165, 1.54) is 11.1 Å². The van der Waals surface area contributed by atoms with Crippen LogP contribution < -0.4 is 5.73 Å². The second-order valence-electron chi connectivity index (χ2n) is 4.89. The van der Waals surface area contributed by atoms with Crippen molar-refractivity contribution in [2.75, 3.05) is 0 Å². The Labute approximate surface area is 117 Å². The highest BCUT2D eigenvalue weighted by Crippen LogP contribution is 2.40. The number of amides is 1. The Morgan fingerprint density at radius 2 is 1.95 bits per heavy atom. The summed E-state index contributed by atoms with van der Waals surface area (Å²) in [6.45, 7) is 0. The molecule has 0 aliphatic heterocycles. The summed E-state index contributed by atoms with van der Waals surface area (Å²) in [6.07, 6.45) is 1.99. The molecular weight excluding hydrogens is 258 g/mol. The zero-order valence-corrected chi connectivity index (χ0v) is 11.2. The average Bonchev–Trinajstić information content (AvgIpc) is 2.81. The highest BCUT2D eigenvalue weighted by molar-refractivity contribution is 6.30. The molecule has 0 aromatic heterocycles. The standard InChI is InChI=1S/C16H14ClNO/c17-11-6-8-12-10(9-11)5-7-14(12)13-3-1-2-4-15(13)16(18)19/h1-4,6,8-9,14H,5,7H2,(H2,18,19)/t14-/m1/s1. The summed E-state index contributed by atoms with van der Waals surface area (Å²) in [4.78, 5) is 11.5. The molecule has 1 amide bonds. The molecule has 0 fully saturated rings. The van der Waals surface area contributed by atoms with Gasteiger partial charge in [-0.25, -0.2) is 0 Å². The summed E-state index contributed by atoms with van der Waals surface area (Å²) < 4.78 is 0. The minimum atomic E-state index is -0.363. The lowest BCUT2D eigenvalue weighted by Gasteiger charge is -2.15. The molecule has 3 rings (SSSR count). The molecule has 96 valence electrons. The van der Waals surface area contributed by atoms with Crippen LogP contribution >= 0.6 is 11.6 Å². The number of primary amides is 1. The molecule has 0 heterocycles. The Hall–Kier alpha value is -1.80. The monoisotopic (exact) mass is 271 g/mol. The molecule has 0 spiro atoms. The molecule has 2 aromatic rings. The Kier molecular flexibility index (Phi) is 3.03. The van der Waals surface area contributed by atoms with Crippen LogP contribution in [0.3, 0.4) is 0 Å². The van der Waals surface area contributed by atoms with Crippen LogP contribution in [0, 0.1) is 0 Å². The van der Waals surface area contributed by atoms with Gasteiger partial charge < -0.3 is 5.73 Å². The number of aryl methyl sites for hydroxylation is 1. The van der Waals surface area contributed by atoms with E-state index in [2.05, 4.69) is 6.07 Å². The van der Waals surface area contributed by atoms with Gasteiger partial charge in [0.25, 0.3) is 0 Å². The lowest BCUT2D eigenvalue weighted by Crippen LogP contribution is -2.15. The lowest BCUT2D eigenvalue weighted by atomic mass is 9.89. The average molecular weight is 272 g/mol. The summed E-state index contributed by atoms with van der Waals surface area (Å²) in [7, 11) is 0. The van der Waals surface area contributed by atoms with Gasteiger partial charge in [-0.2, -0.15) is 0 Å². The van der Waals surface area contributed by atoms with Gasteiger partial charge in [0, 0.05) is 16.5 Å². The second-order valence-corrected chi connectivity index (χ2v) is 5.32. The number of carbonyl (C=O) groups is 1. The number of carbonyl (C=O) groups excluding carboxylic acids is 1. The third kappa shape index (κ3) is 2.13. The van der Waals surface area contributed by atoms with Crippen LogP contribution in [0.25, 0.3) is 0 Å². The topological polar surface area (TPSA) is 43.1 Å². The van der Waals surface area contributed by atoms with E-state index in [4.69, 9.17) is 17.3 Å². The molecule has 0 saturated heterocycles. The Bertz CT molecular complexity index is 651. The predicted octanol–water partition coefficient (Wildman–Crippen LogP) is 3.52. The van der Waals surface area contributed by atoms with Crippen LogP contribution in [-0.2, 0) is 6.42 Å². The van der Waals surface area contributed by atoms with E-state index in [9.17, 15) is 4.79 Å². The number of hydrogen-bond donors (Lipinski definition) is 1. The van der Waals surface area contributed by atoms with Crippen LogP contribution in [0.2, 0.25) is 5.02 Å². The molecule has 1 atom stereocenters. The van der Waals surface area contributed by atoms with Crippen molar-refractivity contribution in [1.82, 2.24) is 0 Å². The molecule has 3 heteroatoms. The maximum absolute atomic E-state index is 11.5. The Morgan fingerprint density at radius 1 is 1.16 bits per heavy atom. The van der Waals surface area contributed by atoms with E-state index in [1.807, 2.05) is 30.3 Å². The van der Waals surface area contributed by atoms with Gasteiger partial charge in [-0.05, 0) is 47.7 Å². The first-order valence-corrected chi connectivity index (χ1v) is 6.71. The second kappa shape index (κ2) is 4.71. The highest BCUT2D eigenvalue weighted by Gasteiger charge is 2.26. The smallest absolute Gasteiger partial charge is 0.248 e. The Balaban J connectivity index is 2.09. The van der Waals surface area contributed by atoms with Gasteiger partial charge in [0.1, 0.15) is 0 Å². The van der Waals surface area contributed by atoms with Crippen LogP contribution in [-0.4, -0.2) is 5.91 Å². The number of nitrogens with two attached hydrogens (primary N) is 1. The van der Waals surface area contributed by atoms with E-state index in [0.717, 1.165) is 23.4 Å². The number of rotatable bonds is 2. The van der Waals surface area contributed by atoms with Gasteiger partial charge in [0.2, 0.25) is 5.91 Å². The van der Waals surface area contributed by atoms with Gasteiger partial charge in [-0.1, -0.05) is 35.9 Å². The first-order chi connectivity index (χ1) is 9.16. The third-order valence-electron chi connectivity index (χ3n) is 3.78. The summed E-state index contributed by atoms with van der Waals surface area (Å²) in [5.41, 5.74) is 9.65. The molecule has 1 aliphatic rings. The van der Waals surface area contributed by atoms with Crippen molar-refractivity contribution in [2.24, 2.45) is 5.73 Å². The minimum Gasteiger partial charge on any atom is -0.366 e. The molecule has 1 aliphatic carbocycles. The van der Waals surface area contributed by atoms with E-state index < -0.39 is 0 Å². The largest absolute Gasteiger partial charge is 0.366 e. The fourth-order valence-corrected chi connectivity index (χ4v) is 3.13. The summed E-state index contributed by atoms with van der Waals surface area (Å²) in [5.74, 6) is -0.117. The molecular formula is C16H14ClNO. The van der Waals surface area contributed by atoms with Crippen molar-refractivity contribution in [3.8, 4) is 0 Å². The van der Waals surface area contributed by atoms with E-state index >= 15 is 0 Å². The minimum absolute atomic E-state index is 0.246. The zero-order chi connectivity index (χ0) is 13.4. The van der Waals surface area contributed by atoms with Gasteiger partial charge >= 0.3 is 0 Å². The molecule has 19 heavy (non-hydrogen) atoms. The predicted molar refractivity (Wildman–Crippen MR) is 76.6 cm³/mol. The van der Waals surface area contributed by atoms with Crippen LogP contribution in [0.1, 0.15) is 39.4 Å². The Morgan fingerprint density at radius 3 is 2.74 bits per heavy atom. The fraction of sp³-hybridized carbons (Fsp3) is 0.188. The van der Waals surface area contributed by atoms with Crippen molar-refractivity contribution in [3.63, 3.8) is 0 Å². The van der Waals surface area contributed by atoms with Gasteiger partial charge in [-0.3, -0.25) is 4.79 Å². The van der Waals surface area contributed by atoms with Gasteiger partial charge in [0.05, 0.1) is 0 Å². The lowest BCUT2D eigenvalue weighted by molar-refractivity contribution is 0.0999. The van der Waals surface area contributed by atoms with Crippen molar-refractivity contribution in [2.45, 2.75) is 18.8 Å². The van der Waals surface area contributed by atoms with E-state index in [-0.39, 0.29) is 11.8 Å². The molecule has 2 N–H and O–H groups in total. The van der Waals surface area contributed by atoms with E-state index in [1.54, 1.807) is 6.07 Å².